The van der Waals surface area contributed by atoms with Gasteiger partial charge in [-0.15, -0.1) is 0 Å². The molecule has 0 aliphatic rings. The van der Waals surface area contributed by atoms with Crippen LogP contribution in [-0.4, -0.2) is 20.3 Å². The Hall–Kier alpha value is -0.130. The Kier molecular flexibility index (Phi) is 7.00. The zero-order chi connectivity index (χ0) is 11.8. The van der Waals surface area contributed by atoms with Crippen LogP contribution in [0.25, 0.3) is 0 Å². The molecule has 0 fully saturated rings. The SMILES string of the molecule is COCCCCNC(C)c1ccc(I)cc1. The van der Waals surface area contributed by atoms with Gasteiger partial charge in [0.15, 0.2) is 0 Å². The average molecular weight is 333 g/mol. The number of ether oxygens (including phenoxy) is 1. The van der Waals surface area contributed by atoms with Gasteiger partial charge < -0.3 is 10.1 Å². The quantitative estimate of drug-likeness (QED) is 0.610. The summed E-state index contributed by atoms with van der Waals surface area (Å²) in [6.07, 6.45) is 2.30. The van der Waals surface area contributed by atoms with Gasteiger partial charge in [0, 0.05) is 23.3 Å². The molecular formula is C13H20INO. The molecule has 1 unspecified atom stereocenters. The monoisotopic (exact) mass is 333 g/mol. The van der Waals surface area contributed by atoms with Gasteiger partial charge in [-0.1, -0.05) is 12.1 Å². The van der Waals surface area contributed by atoms with Crippen molar-refractivity contribution in [1.82, 2.24) is 5.32 Å². The van der Waals surface area contributed by atoms with Crippen molar-refractivity contribution in [3.05, 3.63) is 33.4 Å². The van der Waals surface area contributed by atoms with E-state index in [0.29, 0.717) is 6.04 Å². The maximum Gasteiger partial charge on any atom is 0.0462 e. The normalized spacial score (nSPS) is 12.7. The molecule has 16 heavy (non-hydrogen) atoms. The van der Waals surface area contributed by atoms with Gasteiger partial charge in [-0.3, -0.25) is 0 Å². The fourth-order valence-electron chi connectivity index (χ4n) is 1.56. The highest BCUT2D eigenvalue weighted by atomic mass is 127. The minimum atomic E-state index is 0.430. The Bertz CT molecular complexity index is 286. The van der Waals surface area contributed by atoms with Crippen LogP contribution in [0.4, 0.5) is 0 Å². The molecule has 1 aromatic rings. The number of hydrogen-bond acceptors (Lipinski definition) is 2. The van der Waals surface area contributed by atoms with Crippen LogP contribution in [0, 0.1) is 3.57 Å². The van der Waals surface area contributed by atoms with Crippen molar-refractivity contribution in [3.8, 4) is 0 Å². The third-order valence-corrected chi connectivity index (χ3v) is 3.31. The molecular weight excluding hydrogens is 313 g/mol. The summed E-state index contributed by atoms with van der Waals surface area (Å²) >= 11 is 2.33. The molecule has 0 aromatic heterocycles. The molecule has 1 rings (SSSR count). The van der Waals surface area contributed by atoms with E-state index in [2.05, 4.69) is 59.1 Å². The van der Waals surface area contributed by atoms with Crippen LogP contribution in [-0.2, 0) is 4.74 Å². The highest BCUT2D eigenvalue weighted by Gasteiger charge is 2.03. The first-order chi connectivity index (χ1) is 7.74. The van der Waals surface area contributed by atoms with Gasteiger partial charge in [0.1, 0.15) is 0 Å². The van der Waals surface area contributed by atoms with Gasteiger partial charge in [-0.2, -0.15) is 0 Å². The molecule has 0 spiro atoms. The lowest BCUT2D eigenvalue weighted by Gasteiger charge is -2.14. The Labute approximate surface area is 112 Å². The van der Waals surface area contributed by atoms with Gasteiger partial charge in [0.05, 0.1) is 0 Å². The van der Waals surface area contributed by atoms with E-state index in [-0.39, 0.29) is 0 Å². The van der Waals surface area contributed by atoms with E-state index in [1.54, 1.807) is 7.11 Å². The second kappa shape index (κ2) is 8.03. The van der Waals surface area contributed by atoms with Gasteiger partial charge >= 0.3 is 0 Å². The van der Waals surface area contributed by atoms with E-state index in [0.717, 1.165) is 19.6 Å². The highest BCUT2D eigenvalue weighted by Crippen LogP contribution is 2.14. The smallest absolute Gasteiger partial charge is 0.0462 e. The lowest BCUT2D eigenvalue weighted by Crippen LogP contribution is -2.20. The minimum Gasteiger partial charge on any atom is -0.385 e. The molecule has 0 aliphatic carbocycles. The molecule has 0 bridgehead atoms. The molecule has 90 valence electrons. The predicted molar refractivity (Wildman–Crippen MR) is 76.7 cm³/mol. The van der Waals surface area contributed by atoms with E-state index in [4.69, 9.17) is 4.74 Å². The summed E-state index contributed by atoms with van der Waals surface area (Å²) in [6.45, 7) is 4.12. The molecule has 0 heterocycles. The van der Waals surface area contributed by atoms with E-state index < -0.39 is 0 Å². The second-order valence-corrected chi connectivity index (χ2v) is 5.17. The molecule has 1 atom stereocenters. The van der Waals surface area contributed by atoms with Gasteiger partial charge in [0.2, 0.25) is 0 Å². The fourth-order valence-corrected chi connectivity index (χ4v) is 1.92. The van der Waals surface area contributed by atoms with Crippen LogP contribution in [0.5, 0.6) is 0 Å². The first kappa shape index (κ1) is 13.9. The topological polar surface area (TPSA) is 21.3 Å². The number of halogens is 1. The number of hydrogen-bond donors (Lipinski definition) is 1. The van der Waals surface area contributed by atoms with Crippen LogP contribution >= 0.6 is 22.6 Å². The Morgan fingerprint density at radius 1 is 1.25 bits per heavy atom. The lowest BCUT2D eigenvalue weighted by molar-refractivity contribution is 0.192. The summed E-state index contributed by atoms with van der Waals surface area (Å²) in [4.78, 5) is 0. The second-order valence-electron chi connectivity index (χ2n) is 3.93. The summed E-state index contributed by atoms with van der Waals surface area (Å²) in [7, 11) is 1.75. The molecule has 2 nitrogen and oxygen atoms in total. The van der Waals surface area contributed by atoms with Crippen LogP contribution < -0.4 is 5.32 Å². The Morgan fingerprint density at radius 3 is 2.56 bits per heavy atom. The third-order valence-electron chi connectivity index (χ3n) is 2.60. The van der Waals surface area contributed by atoms with Crippen molar-refractivity contribution in [2.45, 2.75) is 25.8 Å². The average Bonchev–Trinajstić information content (AvgIpc) is 2.29. The summed E-state index contributed by atoms with van der Waals surface area (Å²) < 4.78 is 6.30. The van der Waals surface area contributed by atoms with Crippen molar-refractivity contribution in [3.63, 3.8) is 0 Å². The van der Waals surface area contributed by atoms with Crippen molar-refractivity contribution in [2.24, 2.45) is 0 Å². The first-order valence-corrected chi connectivity index (χ1v) is 6.79. The van der Waals surface area contributed by atoms with E-state index in [9.17, 15) is 0 Å². The molecule has 0 saturated heterocycles. The van der Waals surface area contributed by atoms with Crippen molar-refractivity contribution < 1.29 is 4.74 Å². The summed E-state index contributed by atoms with van der Waals surface area (Å²) in [5.41, 5.74) is 1.35. The number of methoxy groups -OCH3 is 1. The molecule has 1 N–H and O–H groups in total. The lowest BCUT2D eigenvalue weighted by atomic mass is 10.1. The van der Waals surface area contributed by atoms with E-state index >= 15 is 0 Å². The first-order valence-electron chi connectivity index (χ1n) is 5.72. The Morgan fingerprint density at radius 2 is 1.94 bits per heavy atom. The highest BCUT2D eigenvalue weighted by molar-refractivity contribution is 14.1. The number of benzene rings is 1. The standard InChI is InChI=1S/C13H20INO/c1-11(15-9-3-4-10-16-2)12-5-7-13(14)8-6-12/h5-8,11,15H,3-4,9-10H2,1-2H3. The maximum absolute atomic E-state index is 5.02. The molecule has 0 aliphatic heterocycles. The number of nitrogens with one attached hydrogen (secondary N) is 1. The fraction of sp³-hybridized carbons (Fsp3) is 0.538. The van der Waals surface area contributed by atoms with Gasteiger partial charge in [0.25, 0.3) is 0 Å². The zero-order valence-corrected chi connectivity index (χ0v) is 12.2. The number of rotatable bonds is 7. The molecule has 0 radical (unpaired) electrons. The summed E-state index contributed by atoms with van der Waals surface area (Å²) in [5.74, 6) is 0. The zero-order valence-electron chi connectivity index (χ0n) is 10.0. The van der Waals surface area contributed by atoms with Gasteiger partial charge in [-0.05, 0) is 66.6 Å². The summed E-state index contributed by atoms with van der Waals surface area (Å²) in [5, 5.41) is 3.52. The van der Waals surface area contributed by atoms with E-state index in [1.165, 1.54) is 15.6 Å². The van der Waals surface area contributed by atoms with Crippen LogP contribution in [0.15, 0.2) is 24.3 Å². The minimum absolute atomic E-state index is 0.430. The third kappa shape index (κ3) is 5.27. The predicted octanol–water partition coefficient (Wildman–Crippen LogP) is 3.37. The van der Waals surface area contributed by atoms with Gasteiger partial charge in [-0.25, -0.2) is 0 Å². The summed E-state index contributed by atoms with van der Waals surface area (Å²) in [6, 6.07) is 9.11. The van der Waals surface area contributed by atoms with Crippen molar-refractivity contribution in [1.29, 1.82) is 0 Å². The maximum atomic E-state index is 5.02. The van der Waals surface area contributed by atoms with E-state index in [1.807, 2.05) is 0 Å². The molecule has 1 aromatic carbocycles. The van der Waals surface area contributed by atoms with Crippen molar-refractivity contribution in [2.75, 3.05) is 20.3 Å². The molecule has 0 saturated carbocycles. The Balaban J connectivity index is 2.24. The largest absolute Gasteiger partial charge is 0.385 e. The van der Waals surface area contributed by atoms with Crippen molar-refractivity contribution >= 4 is 22.6 Å². The van der Waals surface area contributed by atoms with Crippen LogP contribution in [0.1, 0.15) is 31.4 Å². The van der Waals surface area contributed by atoms with Crippen LogP contribution in [0.3, 0.4) is 0 Å². The molecule has 0 amide bonds. The number of unbranched alkanes of at least 4 members (excludes halogenated alkanes) is 1. The molecule has 3 heteroatoms. The van der Waals surface area contributed by atoms with Crippen LogP contribution in [0.2, 0.25) is 0 Å².